The van der Waals surface area contributed by atoms with Gasteiger partial charge in [-0.1, -0.05) is 0 Å². The lowest BCUT2D eigenvalue weighted by Crippen LogP contribution is -2.25. The third-order valence-corrected chi connectivity index (χ3v) is 2.56. The topological polar surface area (TPSA) is 38.3 Å². The van der Waals surface area contributed by atoms with Crippen molar-refractivity contribution < 1.29 is 18.3 Å². The average molecular weight is 227 g/mol. The molecule has 86 valence electrons. The maximum atomic E-state index is 13.4. The van der Waals surface area contributed by atoms with Gasteiger partial charge in [0.05, 0.1) is 6.10 Å². The minimum absolute atomic E-state index is 0.0750. The van der Waals surface area contributed by atoms with Crippen LogP contribution in [0.15, 0.2) is 12.1 Å². The molecule has 1 aliphatic carbocycles. The van der Waals surface area contributed by atoms with E-state index in [-0.39, 0.29) is 17.5 Å². The third kappa shape index (κ3) is 2.13. The Hall–Kier alpha value is -1.65. The second kappa shape index (κ2) is 4.47. The van der Waals surface area contributed by atoms with Crippen molar-refractivity contribution in [3.8, 4) is 5.75 Å². The summed E-state index contributed by atoms with van der Waals surface area (Å²) in [6.07, 6.45) is 2.95. The van der Waals surface area contributed by atoms with Crippen molar-refractivity contribution in [3.63, 3.8) is 0 Å². The van der Waals surface area contributed by atoms with Gasteiger partial charge < -0.3 is 10.1 Å². The van der Waals surface area contributed by atoms with E-state index in [2.05, 4.69) is 5.32 Å². The van der Waals surface area contributed by atoms with Crippen LogP contribution in [0.25, 0.3) is 0 Å². The van der Waals surface area contributed by atoms with Gasteiger partial charge in [0.25, 0.3) is 0 Å². The Kier molecular flexibility index (Phi) is 3.03. The third-order valence-electron chi connectivity index (χ3n) is 2.56. The van der Waals surface area contributed by atoms with Gasteiger partial charge >= 0.3 is 0 Å². The summed E-state index contributed by atoms with van der Waals surface area (Å²) in [5.74, 6) is -1.95. The number of amides is 1. The van der Waals surface area contributed by atoms with Gasteiger partial charge in [-0.2, -0.15) is 0 Å². The first kappa shape index (κ1) is 10.9. The fourth-order valence-electron chi connectivity index (χ4n) is 1.48. The van der Waals surface area contributed by atoms with E-state index in [1.807, 2.05) is 0 Å². The van der Waals surface area contributed by atoms with Crippen LogP contribution in [0.3, 0.4) is 0 Å². The molecule has 1 aromatic carbocycles. The smallest absolute Gasteiger partial charge is 0.211 e. The second-order valence-electron chi connectivity index (χ2n) is 3.70. The molecule has 0 radical (unpaired) electrons. The number of rotatable bonds is 4. The zero-order chi connectivity index (χ0) is 11.5. The number of ether oxygens (including phenoxy) is 1. The predicted octanol–water partition coefficient (Wildman–Crippen LogP) is 2.46. The highest BCUT2D eigenvalue weighted by Gasteiger charge is 2.23. The van der Waals surface area contributed by atoms with E-state index >= 15 is 0 Å². The highest BCUT2D eigenvalue weighted by atomic mass is 19.1. The molecule has 1 amide bonds. The van der Waals surface area contributed by atoms with Gasteiger partial charge in [0.2, 0.25) is 6.41 Å². The lowest BCUT2D eigenvalue weighted by atomic mass is 9.96. The van der Waals surface area contributed by atoms with Crippen molar-refractivity contribution in [1.29, 1.82) is 0 Å². The molecular weight excluding hydrogens is 216 g/mol. The number of hydrogen-bond acceptors (Lipinski definition) is 2. The lowest BCUT2D eigenvalue weighted by Gasteiger charge is -2.26. The molecule has 0 bridgehead atoms. The molecule has 1 fully saturated rings. The quantitative estimate of drug-likeness (QED) is 0.802. The molecule has 0 atom stereocenters. The molecule has 1 N–H and O–H groups in total. The number of carbonyl (C=O) groups is 1. The second-order valence-corrected chi connectivity index (χ2v) is 3.70. The molecule has 2 rings (SSSR count). The van der Waals surface area contributed by atoms with Crippen LogP contribution in [-0.2, 0) is 4.79 Å². The molecule has 1 aromatic rings. The molecule has 0 aromatic heterocycles. The molecule has 16 heavy (non-hydrogen) atoms. The highest BCUT2D eigenvalue weighted by molar-refractivity contribution is 5.71. The summed E-state index contributed by atoms with van der Waals surface area (Å²) >= 11 is 0. The Morgan fingerprint density at radius 2 is 1.94 bits per heavy atom. The van der Waals surface area contributed by atoms with E-state index in [4.69, 9.17) is 4.74 Å². The summed E-state index contributed by atoms with van der Waals surface area (Å²) in [6.45, 7) is 0. The number of hydrogen-bond donors (Lipinski definition) is 1. The van der Waals surface area contributed by atoms with E-state index in [1.165, 1.54) is 0 Å². The van der Waals surface area contributed by atoms with Crippen molar-refractivity contribution in [2.45, 2.75) is 25.4 Å². The normalized spacial score (nSPS) is 15.4. The van der Waals surface area contributed by atoms with Crippen LogP contribution >= 0.6 is 0 Å². The van der Waals surface area contributed by atoms with Gasteiger partial charge in [0.15, 0.2) is 17.4 Å². The van der Waals surface area contributed by atoms with E-state index in [1.54, 1.807) is 0 Å². The van der Waals surface area contributed by atoms with Crippen LogP contribution in [0.2, 0.25) is 0 Å². The number of carbonyl (C=O) groups excluding carboxylic acids is 1. The first-order valence-corrected chi connectivity index (χ1v) is 5.06. The van der Waals surface area contributed by atoms with Gasteiger partial charge in [-0.15, -0.1) is 0 Å². The number of halogens is 2. The Bertz CT molecular complexity index is 382. The summed E-state index contributed by atoms with van der Waals surface area (Å²) < 4.78 is 32.0. The molecule has 0 spiro atoms. The number of nitrogens with one attached hydrogen (secondary N) is 1. The molecular formula is C11H11F2NO2. The van der Waals surface area contributed by atoms with E-state index in [0.717, 1.165) is 31.4 Å². The van der Waals surface area contributed by atoms with Gasteiger partial charge in [-0.3, -0.25) is 4.79 Å². The summed E-state index contributed by atoms with van der Waals surface area (Å²) in [5.41, 5.74) is 0.0750. The summed E-state index contributed by atoms with van der Waals surface area (Å²) in [6, 6.07) is 2.07. The molecule has 0 unspecified atom stereocenters. The average Bonchev–Trinajstić information content (AvgIpc) is 2.14. The molecule has 5 heteroatoms. The Balaban J connectivity index is 2.20. The van der Waals surface area contributed by atoms with Crippen LogP contribution in [0.1, 0.15) is 19.3 Å². The van der Waals surface area contributed by atoms with E-state index < -0.39 is 11.6 Å². The Morgan fingerprint density at radius 3 is 2.38 bits per heavy atom. The standard InChI is InChI=1S/C11H11F2NO2/c12-9-4-7(14-6-15)5-10(13)11(9)16-8-2-1-3-8/h4-6,8H,1-3H2,(H,14,15). The Labute approximate surface area is 91.4 Å². The SMILES string of the molecule is O=CNc1cc(F)c(OC2CCC2)c(F)c1. The maximum Gasteiger partial charge on any atom is 0.211 e. The van der Waals surface area contributed by atoms with Crippen LogP contribution < -0.4 is 10.1 Å². The van der Waals surface area contributed by atoms with Crippen LogP contribution in [-0.4, -0.2) is 12.5 Å². The monoisotopic (exact) mass is 227 g/mol. The minimum Gasteiger partial charge on any atom is -0.484 e. The molecule has 3 nitrogen and oxygen atoms in total. The fraction of sp³-hybridized carbons (Fsp3) is 0.364. The van der Waals surface area contributed by atoms with Crippen molar-refractivity contribution in [3.05, 3.63) is 23.8 Å². The summed E-state index contributed by atoms with van der Waals surface area (Å²) in [4.78, 5) is 10.1. The zero-order valence-corrected chi connectivity index (χ0v) is 8.50. The molecule has 0 aliphatic heterocycles. The maximum absolute atomic E-state index is 13.4. The van der Waals surface area contributed by atoms with Crippen LogP contribution in [0.4, 0.5) is 14.5 Å². The number of benzene rings is 1. The molecule has 1 saturated carbocycles. The van der Waals surface area contributed by atoms with Crippen molar-refractivity contribution in [1.82, 2.24) is 0 Å². The highest BCUT2D eigenvalue weighted by Crippen LogP contribution is 2.30. The predicted molar refractivity (Wildman–Crippen MR) is 54.3 cm³/mol. The van der Waals surface area contributed by atoms with Crippen molar-refractivity contribution in [2.75, 3.05) is 5.32 Å². The zero-order valence-electron chi connectivity index (χ0n) is 8.50. The number of anilines is 1. The van der Waals surface area contributed by atoms with Crippen molar-refractivity contribution >= 4 is 12.1 Å². The summed E-state index contributed by atoms with van der Waals surface area (Å²) in [5, 5.41) is 2.18. The minimum atomic E-state index is -0.795. The first-order valence-electron chi connectivity index (χ1n) is 5.06. The van der Waals surface area contributed by atoms with Crippen molar-refractivity contribution in [2.24, 2.45) is 0 Å². The fourth-order valence-corrected chi connectivity index (χ4v) is 1.48. The lowest BCUT2D eigenvalue weighted by molar-refractivity contribution is -0.105. The van der Waals surface area contributed by atoms with E-state index in [9.17, 15) is 13.6 Å². The largest absolute Gasteiger partial charge is 0.484 e. The first-order chi connectivity index (χ1) is 7.70. The van der Waals surface area contributed by atoms with Gasteiger partial charge in [0.1, 0.15) is 0 Å². The van der Waals surface area contributed by atoms with Gasteiger partial charge in [-0.05, 0) is 19.3 Å². The molecule has 1 aliphatic rings. The Morgan fingerprint density at radius 1 is 1.31 bits per heavy atom. The molecule has 0 saturated heterocycles. The van der Waals surface area contributed by atoms with Gasteiger partial charge in [0, 0.05) is 17.8 Å². The molecule has 0 heterocycles. The van der Waals surface area contributed by atoms with E-state index in [0.29, 0.717) is 6.41 Å². The van der Waals surface area contributed by atoms with Crippen LogP contribution in [0.5, 0.6) is 5.75 Å². The summed E-state index contributed by atoms with van der Waals surface area (Å²) in [7, 11) is 0. The van der Waals surface area contributed by atoms with Gasteiger partial charge in [-0.25, -0.2) is 8.78 Å². The van der Waals surface area contributed by atoms with Crippen LogP contribution in [0, 0.1) is 11.6 Å².